The van der Waals surface area contributed by atoms with Crippen LogP contribution in [0.1, 0.15) is 101 Å². The van der Waals surface area contributed by atoms with Gasteiger partial charge in [0.05, 0.1) is 23.9 Å². The monoisotopic (exact) mass is 677 g/mol. The molecule has 2 saturated carbocycles. The molecule has 8 unspecified atom stereocenters. The van der Waals surface area contributed by atoms with E-state index in [0.717, 1.165) is 61.2 Å². The van der Waals surface area contributed by atoms with Gasteiger partial charge in [-0.15, -0.1) is 18.3 Å². The summed E-state index contributed by atoms with van der Waals surface area (Å²) in [6.45, 7) is 2.33. The number of aliphatic hydroxyl groups excluding tert-OH is 1. The molecular weight excluding hydrogens is 626 g/mol. The van der Waals surface area contributed by atoms with E-state index >= 15 is 0 Å². The molecule has 1 aromatic rings. The molecule has 8 atom stereocenters. The topological polar surface area (TPSA) is 122 Å². The Morgan fingerprint density at radius 1 is 1.15 bits per heavy atom. The maximum Gasteiger partial charge on any atom is 0.310 e. The number of aryl methyl sites for hydroxylation is 1. The summed E-state index contributed by atoms with van der Waals surface area (Å²) in [5.41, 5.74) is 1.95. The number of ether oxygens (including phenoxy) is 2. The Labute approximate surface area is 291 Å². The van der Waals surface area contributed by atoms with E-state index in [9.17, 15) is 19.5 Å². The van der Waals surface area contributed by atoms with E-state index in [-0.39, 0.29) is 36.2 Å². The minimum atomic E-state index is -0.931. The second kappa shape index (κ2) is 19.0. The highest BCUT2D eigenvalue weighted by Crippen LogP contribution is 2.53. The lowest BCUT2D eigenvalue weighted by atomic mass is 9.78. The number of thiol groups is 1. The first-order chi connectivity index (χ1) is 23.3. The average molecular weight is 678 g/mol. The van der Waals surface area contributed by atoms with E-state index in [1.54, 1.807) is 13.0 Å². The predicted molar refractivity (Wildman–Crippen MR) is 188 cm³/mol. The summed E-state index contributed by atoms with van der Waals surface area (Å²) in [5, 5.41) is 23.2. The van der Waals surface area contributed by atoms with Crippen LogP contribution in [0.15, 0.2) is 30.4 Å². The van der Waals surface area contributed by atoms with Crippen LogP contribution in [0.3, 0.4) is 0 Å². The number of hydrogen-bond acceptors (Lipinski definition) is 7. The zero-order valence-electron chi connectivity index (χ0n) is 28.1. The number of fused-ring (bicyclic) bond motifs is 3. The number of nitrogens with one attached hydrogen (secondary N) is 1. The van der Waals surface area contributed by atoms with E-state index in [0.29, 0.717) is 45.1 Å². The number of esters is 1. The van der Waals surface area contributed by atoms with Crippen LogP contribution < -0.4 is 10.1 Å². The summed E-state index contributed by atoms with van der Waals surface area (Å²) in [5.74, 6) is 6.97. The van der Waals surface area contributed by atoms with Crippen molar-refractivity contribution in [2.75, 3.05) is 12.3 Å². The quantitative estimate of drug-likeness (QED) is 0.0536. The number of aliphatic carboxylic acids is 1. The third-order valence-electron chi connectivity index (χ3n) is 10.0. The first-order valence-corrected chi connectivity index (χ1v) is 18.2. The Morgan fingerprint density at radius 3 is 2.65 bits per heavy atom. The molecule has 2 fully saturated rings. The Balaban J connectivity index is 1.52. The molecule has 2 aliphatic carbocycles. The molecule has 1 heterocycles. The lowest BCUT2D eigenvalue weighted by molar-refractivity contribution is -0.161. The van der Waals surface area contributed by atoms with Crippen LogP contribution in [-0.2, 0) is 25.5 Å². The first-order valence-electron chi connectivity index (χ1n) is 17.6. The second-order valence-electron chi connectivity index (χ2n) is 13.3. The average Bonchev–Trinajstić information content (AvgIpc) is 3.61. The van der Waals surface area contributed by atoms with Crippen LogP contribution in [0.5, 0.6) is 5.75 Å². The van der Waals surface area contributed by atoms with Gasteiger partial charge >= 0.3 is 11.9 Å². The number of terminal acetylenes is 1. The van der Waals surface area contributed by atoms with Gasteiger partial charge in [0.1, 0.15) is 18.0 Å². The summed E-state index contributed by atoms with van der Waals surface area (Å²) < 4.78 is 12.8. The van der Waals surface area contributed by atoms with Gasteiger partial charge in [0.25, 0.3) is 0 Å². The summed E-state index contributed by atoms with van der Waals surface area (Å²) in [6.07, 6.45) is 16.7. The molecule has 3 N–H and O–H groups in total. The number of rotatable bonds is 17. The number of aliphatic hydroxyl groups is 1. The maximum absolute atomic E-state index is 13.9. The summed E-state index contributed by atoms with van der Waals surface area (Å²) in [7, 11) is 0. The molecule has 260 valence electrons. The normalized spacial score (nSPS) is 25.5. The zero-order chi connectivity index (χ0) is 34.5. The molecule has 0 spiro atoms. The molecule has 4 rings (SSSR count). The highest BCUT2D eigenvalue weighted by atomic mass is 32.1. The van der Waals surface area contributed by atoms with E-state index in [2.05, 4.69) is 35.7 Å². The van der Waals surface area contributed by atoms with Gasteiger partial charge in [0.15, 0.2) is 0 Å². The molecule has 0 saturated heterocycles. The Bertz CT molecular complexity index is 1390. The van der Waals surface area contributed by atoms with Gasteiger partial charge in [-0.2, -0.15) is 12.6 Å². The lowest BCUT2D eigenvalue weighted by Crippen LogP contribution is -2.41. The fraction of sp³-hybridized carbons (Fsp3) is 0.615. The molecule has 1 amide bonds. The second-order valence-corrected chi connectivity index (χ2v) is 13.7. The maximum atomic E-state index is 13.9. The number of carbonyl (C=O) groups is 3. The molecule has 0 aromatic heterocycles. The predicted octanol–water partition coefficient (Wildman–Crippen LogP) is 5.86. The van der Waals surface area contributed by atoms with Crippen LogP contribution in [-0.4, -0.2) is 58.7 Å². The Morgan fingerprint density at radius 2 is 1.92 bits per heavy atom. The van der Waals surface area contributed by atoms with Crippen LogP contribution >= 0.6 is 12.6 Å². The summed E-state index contributed by atoms with van der Waals surface area (Å²) in [6, 6.07) is 5.94. The molecule has 0 radical (unpaired) electrons. The third kappa shape index (κ3) is 9.83. The van der Waals surface area contributed by atoms with Crippen molar-refractivity contribution in [2.24, 2.45) is 23.7 Å². The highest BCUT2D eigenvalue weighted by Gasteiger charge is 2.52. The van der Waals surface area contributed by atoms with Crippen molar-refractivity contribution in [3.63, 3.8) is 0 Å². The minimum Gasteiger partial charge on any atom is -0.489 e. The van der Waals surface area contributed by atoms with Gasteiger partial charge in [-0.1, -0.05) is 62.0 Å². The number of amides is 1. The largest absolute Gasteiger partial charge is 0.489 e. The molecule has 0 bridgehead atoms. The molecule has 48 heavy (non-hydrogen) atoms. The van der Waals surface area contributed by atoms with Gasteiger partial charge in [-0.05, 0) is 56.8 Å². The Kier molecular flexibility index (Phi) is 14.8. The van der Waals surface area contributed by atoms with Crippen LogP contribution in [0.25, 0.3) is 0 Å². The molecule has 9 heteroatoms. The number of carboxylic acids is 1. The number of carbonyl (C=O) groups excluding carboxylic acids is 2. The van der Waals surface area contributed by atoms with Gasteiger partial charge < -0.3 is 25.0 Å². The highest BCUT2D eigenvalue weighted by molar-refractivity contribution is 7.80. The molecule has 8 nitrogen and oxygen atoms in total. The molecule has 3 aliphatic rings. The number of carboxylic acid groups (broad SMARTS) is 1. The van der Waals surface area contributed by atoms with Gasteiger partial charge in [-0.25, -0.2) is 0 Å². The molecular formula is C39H51NO7S. The smallest absolute Gasteiger partial charge is 0.310 e. The minimum absolute atomic E-state index is 0.0723. The van der Waals surface area contributed by atoms with Crippen LogP contribution in [0.4, 0.5) is 0 Å². The van der Waals surface area contributed by atoms with E-state index in [1.165, 1.54) is 0 Å². The van der Waals surface area contributed by atoms with Crippen molar-refractivity contribution >= 4 is 30.5 Å². The molecule has 1 aliphatic heterocycles. The fourth-order valence-electron chi connectivity index (χ4n) is 7.46. The number of unbranched alkanes of at least 4 members (excludes halogenated alkanes) is 3. The SMILES string of the molecule is C#CC(CC#CC)C(O)C=CC1C(OC(=O)C2CCCCC2C(=O)NCCCCCCS)CC2Oc3c(CCCC(=O)O)cccc3C21. The third-order valence-corrected chi connectivity index (χ3v) is 10.3. The van der Waals surface area contributed by atoms with Crippen molar-refractivity contribution in [2.45, 2.75) is 115 Å². The number of benzene rings is 1. The molecule has 1 aromatic carbocycles. The summed E-state index contributed by atoms with van der Waals surface area (Å²) >= 11 is 4.26. The van der Waals surface area contributed by atoms with Crippen molar-refractivity contribution in [1.29, 1.82) is 0 Å². The van der Waals surface area contributed by atoms with E-state index in [4.69, 9.17) is 21.0 Å². The van der Waals surface area contributed by atoms with Gasteiger partial charge in [-0.3, -0.25) is 14.4 Å². The van der Waals surface area contributed by atoms with E-state index in [1.807, 2.05) is 24.3 Å². The van der Waals surface area contributed by atoms with Gasteiger partial charge in [0, 0.05) is 43.2 Å². The first kappa shape index (κ1) is 37.4. The van der Waals surface area contributed by atoms with Crippen molar-refractivity contribution < 1.29 is 34.1 Å². The number of hydrogen-bond donors (Lipinski definition) is 4. The van der Waals surface area contributed by atoms with Crippen LogP contribution in [0.2, 0.25) is 0 Å². The van der Waals surface area contributed by atoms with Crippen molar-refractivity contribution in [1.82, 2.24) is 5.32 Å². The standard InChI is InChI=1S/C39H51NO7S/c1-3-5-14-26(4-2)32(41)22-21-30-33(25-34-36(30)31-19-12-15-27(37(31)46-34)16-13-20-35(42)43)47-39(45)29-18-9-8-17-28(29)38(44)40-23-10-6-7-11-24-48/h2,12,15,19,21-22,26,28-30,32-34,36,41,48H,6-11,13-14,16-18,20,23-25H2,1H3,(H,40,44)(H,42,43). The fourth-order valence-corrected chi connectivity index (χ4v) is 7.69. The number of para-hydroxylation sites is 1. The summed E-state index contributed by atoms with van der Waals surface area (Å²) in [4.78, 5) is 38.2. The lowest BCUT2D eigenvalue weighted by Gasteiger charge is -2.31. The van der Waals surface area contributed by atoms with Crippen LogP contribution in [0, 0.1) is 47.9 Å². The van der Waals surface area contributed by atoms with E-state index < -0.39 is 35.9 Å². The Hall–Kier alpha value is -3.40. The van der Waals surface area contributed by atoms with Gasteiger partial charge in [0.2, 0.25) is 5.91 Å². The van der Waals surface area contributed by atoms with Crippen molar-refractivity contribution in [3.05, 3.63) is 41.5 Å². The van der Waals surface area contributed by atoms with Crippen molar-refractivity contribution in [3.8, 4) is 29.9 Å². The zero-order valence-corrected chi connectivity index (χ0v) is 29.0.